The summed E-state index contributed by atoms with van der Waals surface area (Å²) in [7, 11) is 1.72. The zero-order valence-corrected chi connectivity index (χ0v) is 7.99. The summed E-state index contributed by atoms with van der Waals surface area (Å²) < 4.78 is 5.21. The Morgan fingerprint density at radius 1 is 1.67 bits per heavy atom. The van der Waals surface area contributed by atoms with Crippen LogP contribution >= 0.6 is 11.3 Å². The molecule has 1 heterocycles. The number of methoxy groups -OCH3 is 1. The Bertz CT molecular complexity index is 255. The van der Waals surface area contributed by atoms with E-state index in [0.717, 1.165) is 18.3 Å². The molecule has 1 aliphatic rings. The van der Waals surface area contributed by atoms with Crippen LogP contribution in [0.15, 0.2) is 11.4 Å². The molecule has 1 saturated carbocycles. The Balaban J connectivity index is 1.91. The molecule has 66 valence electrons. The molecule has 1 N–H and O–H groups in total. The van der Waals surface area contributed by atoms with Gasteiger partial charge in [-0.3, -0.25) is 0 Å². The van der Waals surface area contributed by atoms with Crippen LogP contribution in [0.25, 0.3) is 0 Å². The second kappa shape index (κ2) is 3.46. The van der Waals surface area contributed by atoms with Crippen molar-refractivity contribution in [1.82, 2.24) is 5.32 Å². The van der Waals surface area contributed by atoms with Gasteiger partial charge in [-0.1, -0.05) is 0 Å². The minimum Gasteiger partial charge on any atom is -0.496 e. The molecule has 2 rings (SSSR count). The topological polar surface area (TPSA) is 21.3 Å². The highest BCUT2D eigenvalue weighted by molar-refractivity contribution is 7.10. The van der Waals surface area contributed by atoms with E-state index >= 15 is 0 Å². The number of thiophene rings is 1. The molecule has 0 aromatic carbocycles. The Labute approximate surface area is 76.6 Å². The van der Waals surface area contributed by atoms with Crippen molar-refractivity contribution in [1.29, 1.82) is 0 Å². The summed E-state index contributed by atoms with van der Waals surface area (Å²) in [6, 6.07) is 2.80. The van der Waals surface area contributed by atoms with Gasteiger partial charge in [-0.25, -0.2) is 0 Å². The Hall–Kier alpha value is -0.540. The summed E-state index contributed by atoms with van der Waals surface area (Å²) in [5, 5.41) is 5.54. The lowest BCUT2D eigenvalue weighted by molar-refractivity contribution is 0.410. The molecule has 0 saturated heterocycles. The number of rotatable bonds is 4. The number of nitrogens with one attached hydrogen (secondary N) is 1. The van der Waals surface area contributed by atoms with Crippen molar-refractivity contribution in [3.05, 3.63) is 16.3 Å². The maximum Gasteiger partial charge on any atom is 0.134 e. The van der Waals surface area contributed by atoms with Gasteiger partial charge in [0.1, 0.15) is 5.75 Å². The standard InChI is InChI=1S/C9H13NOS/c1-11-8-4-5-12-9(8)6-10-7-2-3-7/h4-5,7,10H,2-3,6H2,1H3. The summed E-state index contributed by atoms with van der Waals surface area (Å²) in [5.74, 6) is 1.02. The first-order chi connectivity index (χ1) is 5.90. The molecular formula is C9H13NOS. The third kappa shape index (κ3) is 1.79. The van der Waals surface area contributed by atoms with Crippen molar-refractivity contribution in [2.24, 2.45) is 0 Å². The number of ether oxygens (including phenoxy) is 1. The molecule has 12 heavy (non-hydrogen) atoms. The highest BCUT2D eigenvalue weighted by Gasteiger charge is 2.20. The van der Waals surface area contributed by atoms with E-state index in [4.69, 9.17) is 4.74 Å². The normalized spacial score (nSPS) is 16.4. The van der Waals surface area contributed by atoms with Gasteiger partial charge in [-0.05, 0) is 24.3 Å². The zero-order valence-electron chi connectivity index (χ0n) is 7.17. The fourth-order valence-corrected chi connectivity index (χ4v) is 1.95. The predicted octanol–water partition coefficient (Wildman–Crippen LogP) is 2.01. The fraction of sp³-hybridized carbons (Fsp3) is 0.556. The van der Waals surface area contributed by atoms with Crippen LogP contribution < -0.4 is 10.1 Å². The minimum atomic E-state index is 0.775. The second-order valence-electron chi connectivity index (χ2n) is 3.07. The van der Waals surface area contributed by atoms with Gasteiger partial charge in [0, 0.05) is 12.6 Å². The monoisotopic (exact) mass is 183 g/mol. The highest BCUT2D eigenvalue weighted by atomic mass is 32.1. The zero-order chi connectivity index (χ0) is 8.39. The summed E-state index contributed by atoms with van der Waals surface area (Å²) >= 11 is 1.76. The molecular weight excluding hydrogens is 170 g/mol. The quantitative estimate of drug-likeness (QED) is 0.771. The first-order valence-corrected chi connectivity index (χ1v) is 5.12. The Morgan fingerprint density at radius 3 is 3.17 bits per heavy atom. The first kappa shape index (κ1) is 8.08. The molecule has 1 aromatic rings. The van der Waals surface area contributed by atoms with E-state index < -0.39 is 0 Å². The number of hydrogen-bond acceptors (Lipinski definition) is 3. The summed E-state index contributed by atoms with van der Waals surface area (Å²) in [6.07, 6.45) is 2.68. The van der Waals surface area contributed by atoms with Crippen LogP contribution in [-0.4, -0.2) is 13.2 Å². The minimum absolute atomic E-state index is 0.775. The summed E-state index contributed by atoms with van der Waals surface area (Å²) in [6.45, 7) is 0.964. The van der Waals surface area contributed by atoms with E-state index in [1.54, 1.807) is 18.4 Å². The van der Waals surface area contributed by atoms with Gasteiger partial charge < -0.3 is 10.1 Å². The first-order valence-electron chi connectivity index (χ1n) is 4.24. The third-order valence-corrected chi connectivity index (χ3v) is 2.96. The van der Waals surface area contributed by atoms with Crippen LogP contribution in [0.1, 0.15) is 17.7 Å². The van der Waals surface area contributed by atoms with Crippen LogP contribution in [0.3, 0.4) is 0 Å². The molecule has 0 atom stereocenters. The molecule has 1 fully saturated rings. The van der Waals surface area contributed by atoms with Crippen LogP contribution in [0.2, 0.25) is 0 Å². The van der Waals surface area contributed by atoms with Crippen LogP contribution in [0.5, 0.6) is 5.75 Å². The molecule has 0 spiro atoms. The molecule has 1 aromatic heterocycles. The van der Waals surface area contributed by atoms with Gasteiger partial charge in [0.05, 0.1) is 12.0 Å². The van der Waals surface area contributed by atoms with Crippen LogP contribution in [-0.2, 0) is 6.54 Å². The number of hydrogen-bond donors (Lipinski definition) is 1. The molecule has 0 radical (unpaired) electrons. The smallest absolute Gasteiger partial charge is 0.134 e. The van der Waals surface area contributed by atoms with Crippen molar-refractivity contribution in [3.63, 3.8) is 0 Å². The molecule has 0 unspecified atom stereocenters. The van der Waals surface area contributed by atoms with Crippen molar-refractivity contribution in [2.75, 3.05) is 7.11 Å². The lowest BCUT2D eigenvalue weighted by atomic mass is 10.4. The van der Waals surface area contributed by atoms with E-state index in [1.807, 2.05) is 6.07 Å². The molecule has 2 nitrogen and oxygen atoms in total. The fourth-order valence-electron chi connectivity index (χ4n) is 1.16. The lowest BCUT2D eigenvalue weighted by Crippen LogP contribution is -2.14. The van der Waals surface area contributed by atoms with Crippen molar-refractivity contribution in [3.8, 4) is 5.75 Å². The highest BCUT2D eigenvalue weighted by Crippen LogP contribution is 2.26. The molecule has 0 bridgehead atoms. The Morgan fingerprint density at radius 2 is 2.50 bits per heavy atom. The van der Waals surface area contributed by atoms with Crippen LogP contribution in [0, 0.1) is 0 Å². The molecule has 3 heteroatoms. The summed E-state index contributed by atoms with van der Waals surface area (Å²) in [4.78, 5) is 1.31. The summed E-state index contributed by atoms with van der Waals surface area (Å²) in [5.41, 5.74) is 0. The van der Waals surface area contributed by atoms with E-state index in [-0.39, 0.29) is 0 Å². The van der Waals surface area contributed by atoms with E-state index in [9.17, 15) is 0 Å². The average Bonchev–Trinajstić information content (AvgIpc) is 2.81. The van der Waals surface area contributed by atoms with Gasteiger partial charge in [-0.15, -0.1) is 11.3 Å². The van der Waals surface area contributed by atoms with E-state index in [0.29, 0.717) is 0 Å². The van der Waals surface area contributed by atoms with E-state index in [1.165, 1.54) is 17.7 Å². The predicted molar refractivity (Wildman–Crippen MR) is 50.7 cm³/mol. The second-order valence-corrected chi connectivity index (χ2v) is 4.07. The largest absolute Gasteiger partial charge is 0.496 e. The third-order valence-electron chi connectivity index (χ3n) is 2.05. The Kier molecular flexibility index (Phi) is 2.33. The molecule has 1 aliphatic carbocycles. The lowest BCUT2D eigenvalue weighted by Gasteiger charge is -2.02. The maximum absolute atomic E-state index is 5.21. The molecule has 0 aliphatic heterocycles. The van der Waals surface area contributed by atoms with Crippen molar-refractivity contribution < 1.29 is 4.74 Å². The van der Waals surface area contributed by atoms with Gasteiger partial charge in [0.25, 0.3) is 0 Å². The SMILES string of the molecule is COc1ccsc1CNC1CC1. The van der Waals surface area contributed by atoms with Gasteiger partial charge in [0.2, 0.25) is 0 Å². The maximum atomic E-state index is 5.21. The van der Waals surface area contributed by atoms with Crippen LogP contribution in [0.4, 0.5) is 0 Å². The van der Waals surface area contributed by atoms with Crippen molar-refractivity contribution in [2.45, 2.75) is 25.4 Å². The van der Waals surface area contributed by atoms with Gasteiger partial charge >= 0.3 is 0 Å². The van der Waals surface area contributed by atoms with Crippen molar-refractivity contribution >= 4 is 11.3 Å². The van der Waals surface area contributed by atoms with Gasteiger partial charge in [0.15, 0.2) is 0 Å². The van der Waals surface area contributed by atoms with Gasteiger partial charge in [-0.2, -0.15) is 0 Å². The molecule has 0 amide bonds. The van der Waals surface area contributed by atoms with E-state index in [2.05, 4.69) is 10.7 Å². The average molecular weight is 183 g/mol.